The van der Waals surface area contributed by atoms with Crippen molar-refractivity contribution in [3.8, 4) is 6.07 Å². The molecular weight excluding hydrogens is 466 g/mol. The molecule has 0 aromatic heterocycles. The van der Waals surface area contributed by atoms with Crippen molar-refractivity contribution < 1.29 is 18.0 Å². The number of nitrogens with one attached hydrogen (secondary N) is 1. The van der Waals surface area contributed by atoms with Crippen LogP contribution in [0.1, 0.15) is 30.4 Å². The van der Waals surface area contributed by atoms with Gasteiger partial charge in [0.1, 0.15) is 0 Å². The molecule has 1 saturated heterocycles. The van der Waals surface area contributed by atoms with Gasteiger partial charge in [-0.3, -0.25) is 14.5 Å². The van der Waals surface area contributed by atoms with Gasteiger partial charge in [-0.15, -0.1) is 0 Å². The van der Waals surface area contributed by atoms with Crippen LogP contribution in [0.3, 0.4) is 0 Å². The summed E-state index contributed by atoms with van der Waals surface area (Å²) in [5, 5.41) is 17.0. The molecule has 1 aliphatic heterocycles. The fourth-order valence-electron chi connectivity index (χ4n) is 4.27. The van der Waals surface area contributed by atoms with Gasteiger partial charge < -0.3 is 10.2 Å². The van der Waals surface area contributed by atoms with Crippen molar-refractivity contribution in [2.24, 2.45) is 11.1 Å². The van der Waals surface area contributed by atoms with Gasteiger partial charge in [-0.2, -0.15) is 5.26 Å². The number of piperidine rings is 1. The summed E-state index contributed by atoms with van der Waals surface area (Å²) < 4.78 is 22.7. The normalized spacial score (nSPS) is 14.8. The minimum Gasteiger partial charge on any atom is -0.326 e. The molecule has 0 spiro atoms. The highest BCUT2D eigenvalue weighted by Crippen LogP contribution is 2.23. The number of sulfonamides is 1. The Bertz CT molecular complexity index is 1190. The molecule has 1 aliphatic rings. The van der Waals surface area contributed by atoms with Crippen LogP contribution in [0.25, 0.3) is 0 Å². The van der Waals surface area contributed by atoms with Crippen LogP contribution in [0.5, 0.6) is 0 Å². The smallest absolute Gasteiger partial charge is 0.241 e. The molecule has 0 aliphatic carbocycles. The number of hydrogen-bond acceptors (Lipinski definition) is 6. The monoisotopic (exact) mass is 497 g/mol. The molecule has 3 rings (SSSR count). The van der Waals surface area contributed by atoms with Gasteiger partial charge in [0.15, 0.2) is 0 Å². The van der Waals surface area contributed by atoms with Crippen LogP contribution in [0.4, 0.5) is 11.4 Å². The number of hydrogen-bond donors (Lipinski definition) is 2. The summed E-state index contributed by atoms with van der Waals surface area (Å²) in [4.78, 5) is 29.5. The Hall–Kier alpha value is -3.26. The van der Waals surface area contributed by atoms with Crippen LogP contribution < -0.4 is 15.4 Å². The summed E-state index contributed by atoms with van der Waals surface area (Å²) in [5.74, 6) is -0.401. The van der Waals surface area contributed by atoms with Gasteiger partial charge in [-0.1, -0.05) is 6.07 Å². The Morgan fingerprint density at radius 2 is 1.71 bits per heavy atom. The van der Waals surface area contributed by atoms with Gasteiger partial charge in [-0.25, -0.2) is 13.6 Å². The minimum atomic E-state index is -3.78. The second kappa shape index (κ2) is 11.4. The molecule has 2 aromatic rings. The zero-order valence-electron chi connectivity index (χ0n) is 20.0. The van der Waals surface area contributed by atoms with E-state index in [1.165, 1.54) is 24.3 Å². The van der Waals surface area contributed by atoms with Crippen LogP contribution in [-0.4, -0.2) is 51.3 Å². The van der Waals surface area contributed by atoms with Crippen LogP contribution in [0.15, 0.2) is 47.4 Å². The van der Waals surface area contributed by atoms with E-state index in [4.69, 9.17) is 10.4 Å². The molecule has 35 heavy (non-hydrogen) atoms. The fourth-order valence-corrected chi connectivity index (χ4v) is 4.78. The van der Waals surface area contributed by atoms with Gasteiger partial charge in [0.25, 0.3) is 0 Å². The molecule has 9 nitrogen and oxygen atoms in total. The maximum absolute atomic E-state index is 13.1. The quantitative estimate of drug-likeness (QED) is 0.575. The summed E-state index contributed by atoms with van der Waals surface area (Å²) in [6, 6.07) is 13.8. The van der Waals surface area contributed by atoms with Gasteiger partial charge >= 0.3 is 0 Å². The van der Waals surface area contributed by atoms with Crippen molar-refractivity contribution in [2.45, 2.75) is 38.0 Å². The Labute approximate surface area is 206 Å². The van der Waals surface area contributed by atoms with E-state index >= 15 is 0 Å². The zero-order valence-corrected chi connectivity index (χ0v) is 20.8. The predicted octanol–water partition coefficient (Wildman–Crippen LogP) is 2.55. The largest absolute Gasteiger partial charge is 0.326 e. The van der Waals surface area contributed by atoms with Crippen molar-refractivity contribution in [2.75, 3.05) is 36.4 Å². The SMILES string of the molecule is Cc1cc(C)cc(N(CCC#N)C(=O)CN2CCC(C(=O)Nc3ccc(S(N)(=O)=O)cc3)CC2)c1. The van der Waals surface area contributed by atoms with Crippen LogP contribution in [-0.2, 0) is 19.6 Å². The standard InChI is InChI=1S/C25H31N5O4S/c1-18-14-19(2)16-22(15-18)30(11-3-10-26)24(31)17-29-12-8-20(9-13-29)25(32)28-21-4-6-23(7-5-21)35(27,33)34/h4-7,14-16,20H,3,8-9,11-13,17H2,1-2H3,(H,28,32)(H2,27,33,34). The van der Waals surface area contributed by atoms with Crippen molar-refractivity contribution in [1.29, 1.82) is 5.26 Å². The van der Waals surface area contributed by atoms with Crippen molar-refractivity contribution >= 4 is 33.2 Å². The van der Waals surface area contributed by atoms with E-state index in [9.17, 15) is 18.0 Å². The van der Waals surface area contributed by atoms with Crippen molar-refractivity contribution in [3.63, 3.8) is 0 Å². The van der Waals surface area contributed by atoms with Crippen LogP contribution >= 0.6 is 0 Å². The third-order valence-corrected chi connectivity index (χ3v) is 6.96. The zero-order chi connectivity index (χ0) is 25.6. The van der Waals surface area contributed by atoms with Gasteiger partial charge in [0.2, 0.25) is 21.8 Å². The lowest BCUT2D eigenvalue weighted by Gasteiger charge is -2.32. The molecule has 186 valence electrons. The van der Waals surface area contributed by atoms with Crippen molar-refractivity contribution in [3.05, 3.63) is 53.6 Å². The summed E-state index contributed by atoms with van der Waals surface area (Å²) in [6.45, 7) is 5.73. The maximum Gasteiger partial charge on any atom is 0.241 e. The molecule has 0 unspecified atom stereocenters. The number of benzene rings is 2. The van der Waals surface area contributed by atoms with E-state index in [1.807, 2.05) is 36.9 Å². The second-order valence-electron chi connectivity index (χ2n) is 8.91. The number of carbonyl (C=O) groups is 2. The van der Waals surface area contributed by atoms with Crippen LogP contribution in [0, 0.1) is 31.1 Å². The first-order valence-corrected chi connectivity index (χ1v) is 13.0. The van der Waals surface area contributed by atoms with E-state index < -0.39 is 10.0 Å². The number of carbonyl (C=O) groups excluding carboxylic acids is 2. The maximum atomic E-state index is 13.1. The number of anilines is 2. The Balaban J connectivity index is 1.56. The van der Waals surface area contributed by atoms with E-state index in [2.05, 4.69) is 11.4 Å². The number of rotatable bonds is 8. The molecule has 1 heterocycles. The number of nitrogens with two attached hydrogens (primary N) is 1. The molecule has 0 radical (unpaired) electrons. The fraction of sp³-hybridized carbons (Fsp3) is 0.400. The summed E-state index contributed by atoms with van der Waals surface area (Å²) in [6.07, 6.45) is 1.46. The topological polar surface area (TPSA) is 137 Å². The molecule has 0 saturated carbocycles. The highest BCUT2D eigenvalue weighted by atomic mass is 32.2. The molecule has 10 heteroatoms. The lowest BCUT2D eigenvalue weighted by molar-refractivity contribution is -0.122. The Kier molecular flexibility index (Phi) is 8.62. The molecule has 1 fully saturated rings. The van der Waals surface area contributed by atoms with E-state index in [0.717, 1.165) is 16.8 Å². The summed E-state index contributed by atoms with van der Waals surface area (Å²) >= 11 is 0. The first-order valence-electron chi connectivity index (χ1n) is 11.5. The molecule has 0 bridgehead atoms. The highest BCUT2D eigenvalue weighted by molar-refractivity contribution is 7.89. The summed E-state index contributed by atoms with van der Waals surface area (Å²) in [7, 11) is -3.78. The number of nitrogens with zero attached hydrogens (tertiary/aromatic N) is 3. The van der Waals surface area contributed by atoms with E-state index in [-0.39, 0.29) is 35.6 Å². The molecule has 2 aromatic carbocycles. The van der Waals surface area contributed by atoms with E-state index in [1.54, 1.807) is 4.90 Å². The average molecular weight is 498 g/mol. The molecule has 0 atom stereocenters. The van der Waals surface area contributed by atoms with Gasteiger partial charge in [-0.05, 0) is 87.3 Å². The first-order chi connectivity index (χ1) is 16.6. The number of nitriles is 1. The van der Waals surface area contributed by atoms with Gasteiger partial charge in [0.05, 0.1) is 23.9 Å². The Morgan fingerprint density at radius 1 is 1.11 bits per heavy atom. The highest BCUT2D eigenvalue weighted by Gasteiger charge is 2.27. The summed E-state index contributed by atoms with van der Waals surface area (Å²) in [5.41, 5.74) is 3.41. The lowest BCUT2D eigenvalue weighted by atomic mass is 9.95. The first kappa shape index (κ1) is 26.3. The van der Waals surface area contributed by atoms with E-state index in [0.29, 0.717) is 38.2 Å². The van der Waals surface area contributed by atoms with Gasteiger partial charge in [0, 0.05) is 23.8 Å². The second-order valence-corrected chi connectivity index (χ2v) is 10.5. The Morgan fingerprint density at radius 3 is 2.26 bits per heavy atom. The number of amides is 2. The number of likely N-dealkylation sites (tertiary alicyclic amines) is 1. The van der Waals surface area contributed by atoms with Crippen molar-refractivity contribution in [1.82, 2.24) is 4.90 Å². The van der Waals surface area contributed by atoms with Crippen LogP contribution in [0.2, 0.25) is 0 Å². The predicted molar refractivity (Wildman–Crippen MR) is 134 cm³/mol. The number of primary sulfonamides is 1. The lowest BCUT2D eigenvalue weighted by Crippen LogP contribution is -2.45. The molecular formula is C25H31N5O4S. The third kappa shape index (κ3) is 7.36. The molecule has 2 amide bonds. The molecule has 3 N–H and O–H groups in total. The number of aryl methyl sites for hydroxylation is 2. The minimum absolute atomic E-state index is 0.0156. The third-order valence-electron chi connectivity index (χ3n) is 6.03. The average Bonchev–Trinajstić information content (AvgIpc) is 2.79.